The monoisotopic (exact) mass is 183 g/mol. The van der Waals surface area contributed by atoms with Gasteiger partial charge in [0.15, 0.2) is 9.84 Å². The van der Waals surface area contributed by atoms with Gasteiger partial charge in [0, 0.05) is 6.26 Å². The maximum Gasteiger partial charge on any atom is 0.175 e. The van der Waals surface area contributed by atoms with Crippen molar-refractivity contribution in [3.63, 3.8) is 0 Å². The Kier molecular flexibility index (Phi) is 2.15. The van der Waals surface area contributed by atoms with E-state index in [-0.39, 0.29) is 0 Å². The Labute approximate surface area is 69.6 Å². The summed E-state index contributed by atoms with van der Waals surface area (Å²) in [4.78, 5) is 0.347. The smallest absolute Gasteiger partial charge is 0.175 e. The van der Waals surface area contributed by atoms with E-state index in [1.165, 1.54) is 6.26 Å². The second-order valence-corrected chi connectivity index (χ2v) is 4.89. The fraction of sp³-hybridized carbons (Fsp3) is 0.143. The van der Waals surface area contributed by atoms with Crippen LogP contribution in [-0.2, 0) is 9.84 Å². The van der Waals surface area contributed by atoms with Crippen LogP contribution >= 0.6 is 0 Å². The van der Waals surface area contributed by atoms with Gasteiger partial charge in [-0.25, -0.2) is 8.42 Å². The Hall–Kier alpha value is -0.613. The Morgan fingerprint density at radius 2 is 1.64 bits per heavy atom. The Balaban J connectivity index is 3.20. The second kappa shape index (κ2) is 2.79. The third-order valence-electron chi connectivity index (χ3n) is 1.28. The van der Waals surface area contributed by atoms with Gasteiger partial charge >= 0.3 is 0 Å². The van der Waals surface area contributed by atoms with Gasteiger partial charge in [-0.1, -0.05) is 17.3 Å². The van der Waals surface area contributed by atoms with Gasteiger partial charge < -0.3 is 0 Å². The second-order valence-electron chi connectivity index (χ2n) is 2.30. The average Bonchev–Trinajstić information content (AvgIpc) is 1.86. The van der Waals surface area contributed by atoms with Gasteiger partial charge in [-0.05, 0) is 12.1 Å². The van der Waals surface area contributed by atoms with Crippen molar-refractivity contribution in [3.05, 3.63) is 24.3 Å². The normalized spacial score (nSPS) is 11.5. The predicted octanol–water partition coefficient (Wildman–Crippen LogP) is -0.116. The molecule has 0 atom stereocenters. The Bertz CT molecular complexity index is 339. The highest BCUT2D eigenvalue weighted by atomic mass is 32.2. The molecule has 4 heteroatoms. The van der Waals surface area contributed by atoms with Crippen LogP contribution in [0.25, 0.3) is 0 Å². The standard InChI is InChI=1S/C7H7O2SSi/c1-10(8,9)6-2-4-7(11)5-3-6/h2-5H,1H3. The highest BCUT2D eigenvalue weighted by Crippen LogP contribution is 2.04. The summed E-state index contributed by atoms with van der Waals surface area (Å²) >= 11 is 0. The number of benzene rings is 1. The molecule has 0 aliphatic heterocycles. The topological polar surface area (TPSA) is 34.1 Å². The fourth-order valence-corrected chi connectivity index (χ4v) is 1.50. The quantitative estimate of drug-likeness (QED) is 0.569. The molecule has 0 heterocycles. The summed E-state index contributed by atoms with van der Waals surface area (Å²) in [5.41, 5.74) is 0. The summed E-state index contributed by atoms with van der Waals surface area (Å²) < 4.78 is 21.9. The first-order valence-electron chi connectivity index (χ1n) is 3.02. The van der Waals surface area contributed by atoms with Gasteiger partial charge in [-0.15, -0.1) is 0 Å². The molecule has 0 aliphatic carbocycles. The van der Waals surface area contributed by atoms with E-state index in [1.54, 1.807) is 24.3 Å². The lowest BCUT2D eigenvalue weighted by Gasteiger charge is -1.96. The molecule has 0 aromatic heterocycles. The zero-order valence-electron chi connectivity index (χ0n) is 6.03. The summed E-state index contributed by atoms with van der Waals surface area (Å²) in [7, 11) is 0.224. The number of sulfone groups is 1. The van der Waals surface area contributed by atoms with E-state index in [1.807, 2.05) is 0 Å². The van der Waals surface area contributed by atoms with E-state index in [9.17, 15) is 8.42 Å². The molecule has 1 rings (SSSR count). The largest absolute Gasteiger partial charge is 0.224 e. The van der Waals surface area contributed by atoms with E-state index < -0.39 is 9.84 Å². The van der Waals surface area contributed by atoms with Gasteiger partial charge in [0.05, 0.1) is 15.1 Å². The first kappa shape index (κ1) is 8.48. The van der Waals surface area contributed by atoms with Crippen LogP contribution in [0.4, 0.5) is 0 Å². The van der Waals surface area contributed by atoms with E-state index in [0.29, 0.717) is 4.90 Å². The molecule has 0 bridgehead atoms. The molecule has 57 valence electrons. The lowest BCUT2D eigenvalue weighted by Crippen LogP contribution is -2.03. The molecule has 0 unspecified atom stereocenters. The molecule has 0 saturated heterocycles. The van der Waals surface area contributed by atoms with Crippen molar-refractivity contribution in [2.45, 2.75) is 4.90 Å². The molecule has 1 aromatic rings. The highest BCUT2D eigenvalue weighted by molar-refractivity contribution is 7.90. The SMILES string of the molecule is CS(=O)(=O)c1ccc([Si])cc1. The van der Waals surface area contributed by atoms with Crippen molar-refractivity contribution >= 4 is 25.3 Å². The van der Waals surface area contributed by atoms with Crippen LogP contribution in [0.15, 0.2) is 29.2 Å². The van der Waals surface area contributed by atoms with Crippen LogP contribution in [0.2, 0.25) is 0 Å². The molecular formula is C7H7O2SSi. The van der Waals surface area contributed by atoms with Crippen LogP contribution in [0.3, 0.4) is 0 Å². The summed E-state index contributed by atoms with van der Waals surface area (Å²) in [5, 5.41) is 0.873. The molecule has 2 nitrogen and oxygen atoms in total. The van der Waals surface area contributed by atoms with Crippen LogP contribution in [0.5, 0.6) is 0 Å². The molecule has 0 spiro atoms. The zero-order chi connectivity index (χ0) is 8.48. The number of hydrogen-bond donors (Lipinski definition) is 0. The van der Waals surface area contributed by atoms with Crippen molar-refractivity contribution in [2.75, 3.05) is 6.26 Å². The van der Waals surface area contributed by atoms with Crippen molar-refractivity contribution in [1.29, 1.82) is 0 Å². The molecule has 0 amide bonds. The number of rotatable bonds is 1. The third kappa shape index (κ3) is 2.16. The fourth-order valence-electron chi connectivity index (χ4n) is 0.702. The molecule has 0 saturated carbocycles. The van der Waals surface area contributed by atoms with Crippen molar-refractivity contribution in [1.82, 2.24) is 0 Å². The van der Waals surface area contributed by atoms with Crippen LogP contribution in [0.1, 0.15) is 0 Å². The third-order valence-corrected chi connectivity index (χ3v) is 2.74. The Morgan fingerprint density at radius 1 is 1.18 bits per heavy atom. The first-order valence-corrected chi connectivity index (χ1v) is 5.41. The lowest BCUT2D eigenvalue weighted by atomic mass is 10.4. The molecule has 0 N–H and O–H groups in total. The lowest BCUT2D eigenvalue weighted by molar-refractivity contribution is 0.602. The van der Waals surface area contributed by atoms with Gasteiger partial charge in [0.2, 0.25) is 0 Å². The van der Waals surface area contributed by atoms with E-state index in [2.05, 4.69) is 10.2 Å². The maximum atomic E-state index is 10.9. The summed E-state index contributed by atoms with van der Waals surface area (Å²) in [6, 6.07) is 6.54. The summed E-state index contributed by atoms with van der Waals surface area (Å²) in [6.07, 6.45) is 1.19. The minimum Gasteiger partial charge on any atom is -0.224 e. The van der Waals surface area contributed by atoms with Crippen LogP contribution in [0, 0.1) is 0 Å². The zero-order valence-corrected chi connectivity index (χ0v) is 7.85. The summed E-state index contributed by atoms with van der Waals surface area (Å²) in [5.74, 6) is 0. The van der Waals surface area contributed by atoms with Gasteiger partial charge in [-0.2, -0.15) is 0 Å². The first-order chi connectivity index (χ1) is 5.00. The van der Waals surface area contributed by atoms with Crippen molar-refractivity contribution in [3.8, 4) is 0 Å². The molecule has 0 aliphatic rings. The molecular weight excluding hydrogens is 176 g/mol. The molecule has 0 fully saturated rings. The molecule has 1 aromatic carbocycles. The van der Waals surface area contributed by atoms with E-state index >= 15 is 0 Å². The molecule has 3 radical (unpaired) electrons. The van der Waals surface area contributed by atoms with Crippen molar-refractivity contribution in [2.24, 2.45) is 0 Å². The van der Waals surface area contributed by atoms with Gasteiger partial charge in [0.1, 0.15) is 0 Å². The van der Waals surface area contributed by atoms with Crippen LogP contribution < -0.4 is 5.19 Å². The van der Waals surface area contributed by atoms with E-state index in [4.69, 9.17) is 0 Å². The summed E-state index contributed by atoms with van der Waals surface area (Å²) in [6.45, 7) is 0. The van der Waals surface area contributed by atoms with Gasteiger partial charge in [0.25, 0.3) is 0 Å². The minimum absolute atomic E-state index is 0.347. The van der Waals surface area contributed by atoms with E-state index in [0.717, 1.165) is 5.19 Å². The average molecular weight is 183 g/mol. The predicted molar refractivity (Wildman–Crippen MR) is 44.9 cm³/mol. The highest BCUT2D eigenvalue weighted by Gasteiger charge is 2.04. The maximum absolute atomic E-state index is 10.9. The van der Waals surface area contributed by atoms with Gasteiger partial charge in [-0.3, -0.25) is 0 Å². The molecule has 11 heavy (non-hydrogen) atoms. The minimum atomic E-state index is -3.04. The van der Waals surface area contributed by atoms with Crippen molar-refractivity contribution < 1.29 is 8.42 Å². The number of hydrogen-bond acceptors (Lipinski definition) is 2. The van der Waals surface area contributed by atoms with Crippen LogP contribution in [-0.4, -0.2) is 24.9 Å². The Morgan fingerprint density at radius 3 is 2.00 bits per heavy atom.